The average Bonchev–Trinajstić information content (AvgIpc) is 2.64. The van der Waals surface area contributed by atoms with Gasteiger partial charge in [-0.25, -0.2) is 0 Å². The fourth-order valence-electron chi connectivity index (χ4n) is 2.00. The maximum absolute atomic E-state index is 12.0. The summed E-state index contributed by atoms with van der Waals surface area (Å²) in [7, 11) is 0. The topological polar surface area (TPSA) is 57.6 Å². The molecule has 1 aliphatic heterocycles. The van der Waals surface area contributed by atoms with E-state index in [-0.39, 0.29) is 5.91 Å². The van der Waals surface area contributed by atoms with Crippen molar-refractivity contribution in [3.05, 3.63) is 0 Å². The molecule has 1 saturated heterocycles. The van der Waals surface area contributed by atoms with Crippen molar-refractivity contribution in [2.45, 2.75) is 34.1 Å². The number of likely N-dealkylation sites (tertiary alicyclic amines) is 1. The predicted molar refractivity (Wildman–Crippen MR) is 60.9 cm³/mol. The summed E-state index contributed by atoms with van der Waals surface area (Å²) in [5, 5.41) is 9.00. The van der Waals surface area contributed by atoms with Crippen molar-refractivity contribution in [2.75, 3.05) is 13.1 Å². The third-order valence-corrected chi connectivity index (χ3v) is 3.52. The van der Waals surface area contributed by atoms with E-state index >= 15 is 0 Å². The SMILES string of the molecule is CC(C)C1CCN(C(=O)C(C)(C)C(=O)O)C1. The van der Waals surface area contributed by atoms with Crippen molar-refractivity contribution in [3.8, 4) is 0 Å². The van der Waals surface area contributed by atoms with Crippen LogP contribution in [0.1, 0.15) is 34.1 Å². The number of carbonyl (C=O) groups excluding carboxylic acids is 1. The molecule has 0 radical (unpaired) electrons. The summed E-state index contributed by atoms with van der Waals surface area (Å²) in [6.45, 7) is 8.62. The average molecular weight is 227 g/mol. The van der Waals surface area contributed by atoms with Crippen molar-refractivity contribution in [1.82, 2.24) is 4.90 Å². The molecule has 4 nitrogen and oxygen atoms in total. The number of rotatable bonds is 3. The van der Waals surface area contributed by atoms with Crippen LogP contribution in [0.2, 0.25) is 0 Å². The predicted octanol–water partition coefficient (Wildman–Crippen LogP) is 1.60. The smallest absolute Gasteiger partial charge is 0.318 e. The van der Waals surface area contributed by atoms with Gasteiger partial charge in [0.05, 0.1) is 0 Å². The first kappa shape index (κ1) is 13.0. The molecule has 1 rings (SSSR count). The van der Waals surface area contributed by atoms with Crippen LogP contribution in [0, 0.1) is 17.3 Å². The molecule has 0 saturated carbocycles. The highest BCUT2D eigenvalue weighted by molar-refractivity contribution is 6.01. The van der Waals surface area contributed by atoms with Crippen molar-refractivity contribution >= 4 is 11.9 Å². The molecule has 1 unspecified atom stereocenters. The minimum Gasteiger partial charge on any atom is -0.480 e. The number of amides is 1. The number of aliphatic carboxylic acids is 1. The van der Waals surface area contributed by atoms with Crippen LogP contribution in [0.3, 0.4) is 0 Å². The van der Waals surface area contributed by atoms with Gasteiger partial charge in [0.1, 0.15) is 5.41 Å². The van der Waals surface area contributed by atoms with Crippen molar-refractivity contribution in [3.63, 3.8) is 0 Å². The molecule has 1 N–H and O–H groups in total. The van der Waals surface area contributed by atoms with E-state index in [0.717, 1.165) is 6.42 Å². The van der Waals surface area contributed by atoms with Gasteiger partial charge in [-0.15, -0.1) is 0 Å². The molecule has 16 heavy (non-hydrogen) atoms. The Hall–Kier alpha value is -1.06. The fourth-order valence-corrected chi connectivity index (χ4v) is 2.00. The maximum atomic E-state index is 12.0. The van der Waals surface area contributed by atoms with Gasteiger partial charge in [0.25, 0.3) is 0 Å². The number of carbonyl (C=O) groups is 2. The molecule has 1 aliphatic rings. The van der Waals surface area contributed by atoms with Crippen LogP contribution in [0.25, 0.3) is 0 Å². The first-order valence-electron chi connectivity index (χ1n) is 5.79. The Bertz CT molecular complexity index is 297. The van der Waals surface area contributed by atoms with Crippen LogP contribution in [-0.2, 0) is 9.59 Å². The Morgan fingerprint density at radius 1 is 1.38 bits per heavy atom. The third-order valence-electron chi connectivity index (χ3n) is 3.52. The largest absolute Gasteiger partial charge is 0.480 e. The van der Waals surface area contributed by atoms with E-state index in [0.29, 0.717) is 24.9 Å². The Morgan fingerprint density at radius 3 is 2.31 bits per heavy atom. The highest BCUT2D eigenvalue weighted by Gasteiger charge is 2.41. The lowest BCUT2D eigenvalue weighted by molar-refractivity contribution is -0.157. The Balaban J connectivity index is 2.68. The minimum atomic E-state index is -1.30. The second kappa shape index (κ2) is 4.44. The van der Waals surface area contributed by atoms with Gasteiger partial charge in [-0.1, -0.05) is 13.8 Å². The van der Waals surface area contributed by atoms with Gasteiger partial charge in [0.2, 0.25) is 5.91 Å². The van der Waals surface area contributed by atoms with Crippen LogP contribution < -0.4 is 0 Å². The first-order valence-corrected chi connectivity index (χ1v) is 5.79. The monoisotopic (exact) mass is 227 g/mol. The molecule has 0 aromatic heterocycles. The summed E-state index contributed by atoms with van der Waals surface area (Å²) < 4.78 is 0. The molecule has 0 bridgehead atoms. The molecule has 4 heteroatoms. The summed E-state index contributed by atoms with van der Waals surface area (Å²) in [4.78, 5) is 24.7. The van der Waals surface area contributed by atoms with E-state index < -0.39 is 11.4 Å². The molecule has 0 aliphatic carbocycles. The van der Waals surface area contributed by atoms with Crippen LogP contribution in [0.5, 0.6) is 0 Å². The van der Waals surface area contributed by atoms with E-state index in [1.807, 2.05) is 0 Å². The van der Waals surface area contributed by atoms with Crippen LogP contribution in [-0.4, -0.2) is 35.0 Å². The first-order chi connectivity index (χ1) is 7.26. The summed E-state index contributed by atoms with van der Waals surface area (Å²) in [6, 6.07) is 0. The second-order valence-corrected chi connectivity index (χ2v) is 5.47. The Morgan fingerprint density at radius 2 is 1.94 bits per heavy atom. The summed E-state index contributed by atoms with van der Waals surface area (Å²) >= 11 is 0. The van der Waals surface area contributed by atoms with Crippen molar-refractivity contribution < 1.29 is 14.7 Å². The number of hydrogen-bond acceptors (Lipinski definition) is 2. The fraction of sp³-hybridized carbons (Fsp3) is 0.833. The molecule has 0 spiro atoms. The maximum Gasteiger partial charge on any atom is 0.318 e. The zero-order valence-electron chi connectivity index (χ0n) is 10.5. The normalized spacial score (nSPS) is 21.6. The lowest BCUT2D eigenvalue weighted by Crippen LogP contribution is -2.44. The molecular formula is C12H21NO3. The molecule has 1 amide bonds. The lowest BCUT2D eigenvalue weighted by Gasteiger charge is -2.26. The zero-order valence-corrected chi connectivity index (χ0v) is 10.5. The minimum absolute atomic E-state index is 0.261. The third kappa shape index (κ3) is 2.36. The van der Waals surface area contributed by atoms with Gasteiger partial charge < -0.3 is 10.0 Å². The molecule has 92 valence electrons. The lowest BCUT2D eigenvalue weighted by atomic mass is 9.91. The Kier molecular flexibility index (Phi) is 3.61. The van der Waals surface area contributed by atoms with E-state index in [9.17, 15) is 9.59 Å². The van der Waals surface area contributed by atoms with Crippen molar-refractivity contribution in [2.24, 2.45) is 17.3 Å². The molecule has 1 fully saturated rings. The molecular weight excluding hydrogens is 206 g/mol. The van der Waals surface area contributed by atoms with Crippen LogP contribution in [0.15, 0.2) is 0 Å². The number of nitrogens with zero attached hydrogens (tertiary/aromatic N) is 1. The van der Waals surface area contributed by atoms with Gasteiger partial charge >= 0.3 is 5.97 Å². The summed E-state index contributed by atoms with van der Waals surface area (Å²) in [5.41, 5.74) is -1.30. The van der Waals surface area contributed by atoms with Crippen molar-refractivity contribution in [1.29, 1.82) is 0 Å². The Labute approximate surface area is 96.6 Å². The highest BCUT2D eigenvalue weighted by Crippen LogP contribution is 2.28. The number of hydrogen-bond donors (Lipinski definition) is 1. The molecule has 0 aromatic rings. The zero-order chi connectivity index (χ0) is 12.5. The molecule has 0 aromatic carbocycles. The molecule has 1 heterocycles. The number of carboxylic acid groups (broad SMARTS) is 1. The van der Waals surface area contributed by atoms with Gasteiger partial charge in [0.15, 0.2) is 0 Å². The van der Waals surface area contributed by atoms with Gasteiger partial charge in [-0.3, -0.25) is 9.59 Å². The van der Waals surface area contributed by atoms with Crippen LogP contribution in [0.4, 0.5) is 0 Å². The standard InChI is InChI=1S/C12H21NO3/c1-8(2)9-5-6-13(7-9)10(14)12(3,4)11(15)16/h8-9H,5-7H2,1-4H3,(H,15,16). The van der Waals surface area contributed by atoms with Gasteiger partial charge in [-0.2, -0.15) is 0 Å². The number of carboxylic acids is 1. The summed E-state index contributed by atoms with van der Waals surface area (Å²) in [6.07, 6.45) is 0.985. The van der Waals surface area contributed by atoms with Gasteiger partial charge in [-0.05, 0) is 32.1 Å². The van der Waals surface area contributed by atoms with E-state index in [1.54, 1.807) is 4.90 Å². The second-order valence-electron chi connectivity index (χ2n) is 5.47. The van der Waals surface area contributed by atoms with E-state index in [1.165, 1.54) is 13.8 Å². The summed E-state index contributed by atoms with van der Waals surface area (Å²) in [5.74, 6) is -0.257. The highest BCUT2D eigenvalue weighted by atomic mass is 16.4. The molecule has 1 atom stereocenters. The van der Waals surface area contributed by atoms with E-state index in [4.69, 9.17) is 5.11 Å². The quantitative estimate of drug-likeness (QED) is 0.745. The van der Waals surface area contributed by atoms with Gasteiger partial charge in [0, 0.05) is 13.1 Å². The van der Waals surface area contributed by atoms with Crippen LogP contribution >= 0.6 is 0 Å². The van der Waals surface area contributed by atoms with E-state index in [2.05, 4.69) is 13.8 Å².